The SMILES string of the molecule is CCOc1cccc(CNCC(=O)OC)c1OC. The van der Waals surface area contributed by atoms with E-state index < -0.39 is 0 Å². The number of para-hydroxylation sites is 1. The first-order chi connectivity index (χ1) is 8.72. The minimum Gasteiger partial charge on any atom is -0.493 e. The standard InChI is InChI=1S/C13H19NO4/c1-4-18-11-7-5-6-10(13(11)17-3)8-14-9-12(15)16-2/h5-7,14H,4,8-9H2,1-3H3. The van der Waals surface area contributed by atoms with E-state index in [1.165, 1.54) is 7.11 Å². The van der Waals surface area contributed by atoms with Crippen molar-refractivity contribution in [2.24, 2.45) is 0 Å². The molecule has 0 fully saturated rings. The highest BCUT2D eigenvalue weighted by Crippen LogP contribution is 2.30. The van der Waals surface area contributed by atoms with Crippen molar-refractivity contribution in [1.29, 1.82) is 0 Å². The molecule has 0 bridgehead atoms. The second-order valence-corrected chi connectivity index (χ2v) is 3.56. The van der Waals surface area contributed by atoms with Crippen molar-refractivity contribution in [2.75, 3.05) is 27.4 Å². The molecular formula is C13H19NO4. The molecule has 0 aliphatic rings. The highest BCUT2D eigenvalue weighted by molar-refractivity contribution is 5.71. The zero-order valence-corrected chi connectivity index (χ0v) is 11.0. The van der Waals surface area contributed by atoms with Gasteiger partial charge in [-0.15, -0.1) is 0 Å². The van der Waals surface area contributed by atoms with Crippen molar-refractivity contribution in [3.05, 3.63) is 23.8 Å². The normalized spacial score (nSPS) is 9.94. The van der Waals surface area contributed by atoms with Crippen molar-refractivity contribution in [2.45, 2.75) is 13.5 Å². The summed E-state index contributed by atoms with van der Waals surface area (Å²) in [4.78, 5) is 11.0. The fourth-order valence-electron chi connectivity index (χ4n) is 1.57. The average molecular weight is 253 g/mol. The minimum atomic E-state index is -0.296. The van der Waals surface area contributed by atoms with E-state index in [0.29, 0.717) is 24.7 Å². The van der Waals surface area contributed by atoms with Crippen LogP contribution in [0, 0.1) is 0 Å². The van der Waals surface area contributed by atoms with Crippen molar-refractivity contribution in [1.82, 2.24) is 5.32 Å². The molecule has 0 aromatic heterocycles. The fourth-order valence-corrected chi connectivity index (χ4v) is 1.57. The quantitative estimate of drug-likeness (QED) is 0.743. The molecule has 18 heavy (non-hydrogen) atoms. The summed E-state index contributed by atoms with van der Waals surface area (Å²) < 4.78 is 15.4. The highest BCUT2D eigenvalue weighted by Gasteiger charge is 2.10. The van der Waals surface area contributed by atoms with Crippen LogP contribution in [0.4, 0.5) is 0 Å². The maximum Gasteiger partial charge on any atom is 0.319 e. The van der Waals surface area contributed by atoms with E-state index in [1.54, 1.807) is 7.11 Å². The van der Waals surface area contributed by atoms with Gasteiger partial charge >= 0.3 is 5.97 Å². The molecule has 0 saturated heterocycles. The predicted molar refractivity (Wildman–Crippen MR) is 67.9 cm³/mol. The Kier molecular flexibility index (Phi) is 6.00. The lowest BCUT2D eigenvalue weighted by atomic mass is 10.2. The number of benzene rings is 1. The molecule has 1 aromatic rings. The summed E-state index contributed by atoms with van der Waals surface area (Å²) in [5, 5.41) is 2.99. The lowest BCUT2D eigenvalue weighted by molar-refractivity contribution is -0.139. The molecule has 100 valence electrons. The second kappa shape index (κ2) is 7.55. The van der Waals surface area contributed by atoms with Gasteiger partial charge in [-0.3, -0.25) is 4.79 Å². The zero-order valence-electron chi connectivity index (χ0n) is 11.0. The van der Waals surface area contributed by atoms with Gasteiger partial charge in [0.05, 0.1) is 27.4 Å². The Morgan fingerprint density at radius 1 is 1.33 bits per heavy atom. The summed E-state index contributed by atoms with van der Waals surface area (Å²) in [6.07, 6.45) is 0. The molecule has 0 atom stereocenters. The molecular weight excluding hydrogens is 234 g/mol. The molecule has 5 nitrogen and oxygen atoms in total. The van der Waals surface area contributed by atoms with Crippen LogP contribution in [0.1, 0.15) is 12.5 Å². The molecule has 0 aliphatic carbocycles. The Hall–Kier alpha value is -1.75. The summed E-state index contributed by atoms with van der Waals surface area (Å²) >= 11 is 0. The fraction of sp³-hybridized carbons (Fsp3) is 0.462. The Balaban J connectivity index is 2.69. The molecule has 1 rings (SSSR count). The van der Waals surface area contributed by atoms with Gasteiger partial charge in [0.15, 0.2) is 11.5 Å². The Morgan fingerprint density at radius 2 is 2.11 bits per heavy atom. The summed E-state index contributed by atoms with van der Waals surface area (Å²) in [6, 6.07) is 5.67. The Morgan fingerprint density at radius 3 is 2.72 bits per heavy atom. The van der Waals surface area contributed by atoms with Gasteiger partial charge in [-0.05, 0) is 13.0 Å². The molecule has 5 heteroatoms. The van der Waals surface area contributed by atoms with Crippen molar-refractivity contribution < 1.29 is 19.0 Å². The van der Waals surface area contributed by atoms with E-state index in [-0.39, 0.29) is 12.5 Å². The smallest absolute Gasteiger partial charge is 0.319 e. The largest absolute Gasteiger partial charge is 0.493 e. The van der Waals surface area contributed by atoms with Gasteiger partial charge in [-0.2, -0.15) is 0 Å². The minimum absolute atomic E-state index is 0.165. The maximum absolute atomic E-state index is 11.0. The van der Waals surface area contributed by atoms with Gasteiger partial charge in [0.1, 0.15) is 0 Å². The van der Waals surface area contributed by atoms with Crippen LogP contribution in [-0.2, 0) is 16.1 Å². The number of rotatable bonds is 7. The molecule has 0 aliphatic heterocycles. The monoisotopic (exact) mass is 253 g/mol. The summed E-state index contributed by atoms with van der Waals surface area (Å²) in [7, 11) is 2.96. The summed E-state index contributed by atoms with van der Waals surface area (Å²) in [5.41, 5.74) is 0.937. The van der Waals surface area contributed by atoms with Gasteiger partial charge in [0, 0.05) is 12.1 Å². The maximum atomic E-state index is 11.0. The van der Waals surface area contributed by atoms with E-state index >= 15 is 0 Å². The van der Waals surface area contributed by atoms with Gasteiger partial charge in [-0.1, -0.05) is 12.1 Å². The lowest BCUT2D eigenvalue weighted by Crippen LogP contribution is -2.23. The molecule has 0 radical (unpaired) electrons. The lowest BCUT2D eigenvalue weighted by Gasteiger charge is -2.13. The first-order valence-corrected chi connectivity index (χ1v) is 5.79. The van der Waals surface area contributed by atoms with Gasteiger partial charge in [0.25, 0.3) is 0 Å². The van der Waals surface area contributed by atoms with Crippen molar-refractivity contribution in [3.8, 4) is 11.5 Å². The average Bonchev–Trinajstić information content (AvgIpc) is 2.39. The summed E-state index contributed by atoms with van der Waals surface area (Å²) in [6.45, 7) is 3.18. The molecule has 0 amide bonds. The predicted octanol–water partition coefficient (Wildman–Crippen LogP) is 1.36. The number of hydrogen-bond donors (Lipinski definition) is 1. The Bertz CT molecular complexity index is 393. The van der Waals surface area contributed by atoms with Crippen LogP contribution in [-0.4, -0.2) is 33.3 Å². The van der Waals surface area contributed by atoms with E-state index in [2.05, 4.69) is 10.1 Å². The van der Waals surface area contributed by atoms with Gasteiger partial charge in [0.2, 0.25) is 0 Å². The van der Waals surface area contributed by atoms with Crippen LogP contribution in [0.3, 0.4) is 0 Å². The van der Waals surface area contributed by atoms with Crippen LogP contribution in [0.25, 0.3) is 0 Å². The topological polar surface area (TPSA) is 56.8 Å². The third kappa shape index (κ3) is 3.92. The molecule has 1 aromatic carbocycles. The van der Waals surface area contributed by atoms with Gasteiger partial charge in [-0.25, -0.2) is 0 Å². The van der Waals surface area contributed by atoms with Crippen LogP contribution < -0.4 is 14.8 Å². The summed E-state index contributed by atoms with van der Waals surface area (Å²) in [5.74, 6) is 1.10. The van der Waals surface area contributed by atoms with E-state index in [0.717, 1.165) is 5.56 Å². The molecule has 0 unspecified atom stereocenters. The number of carbonyl (C=O) groups is 1. The molecule has 1 N–H and O–H groups in total. The van der Waals surface area contributed by atoms with Crippen LogP contribution in [0.5, 0.6) is 11.5 Å². The first kappa shape index (κ1) is 14.3. The Labute approximate surface area is 107 Å². The first-order valence-electron chi connectivity index (χ1n) is 5.79. The van der Waals surface area contributed by atoms with E-state index in [9.17, 15) is 4.79 Å². The third-order valence-corrected chi connectivity index (χ3v) is 2.38. The van der Waals surface area contributed by atoms with E-state index in [1.807, 2.05) is 25.1 Å². The zero-order chi connectivity index (χ0) is 13.4. The van der Waals surface area contributed by atoms with Gasteiger partial charge < -0.3 is 19.5 Å². The number of methoxy groups -OCH3 is 2. The number of carbonyl (C=O) groups excluding carboxylic acids is 1. The van der Waals surface area contributed by atoms with Crippen molar-refractivity contribution >= 4 is 5.97 Å². The van der Waals surface area contributed by atoms with E-state index in [4.69, 9.17) is 9.47 Å². The molecule has 0 spiro atoms. The second-order valence-electron chi connectivity index (χ2n) is 3.56. The number of ether oxygens (including phenoxy) is 3. The van der Waals surface area contributed by atoms with Crippen molar-refractivity contribution in [3.63, 3.8) is 0 Å². The molecule has 0 heterocycles. The van der Waals surface area contributed by atoms with Crippen LogP contribution >= 0.6 is 0 Å². The number of hydrogen-bond acceptors (Lipinski definition) is 5. The molecule has 0 saturated carbocycles. The third-order valence-electron chi connectivity index (χ3n) is 2.38. The highest BCUT2D eigenvalue weighted by atomic mass is 16.5. The van der Waals surface area contributed by atoms with Crippen LogP contribution in [0.15, 0.2) is 18.2 Å². The number of nitrogens with one attached hydrogen (secondary N) is 1. The number of esters is 1. The van der Waals surface area contributed by atoms with Crippen LogP contribution in [0.2, 0.25) is 0 Å².